The van der Waals surface area contributed by atoms with Gasteiger partial charge in [0.2, 0.25) is 0 Å². The third-order valence-electron chi connectivity index (χ3n) is 13.5. The van der Waals surface area contributed by atoms with Crippen LogP contribution < -0.4 is 53.6 Å². The predicted molar refractivity (Wildman–Crippen MR) is 301 cm³/mol. The number of carboxylic acid groups (broad SMARTS) is 1. The Labute approximate surface area is 440 Å². The summed E-state index contributed by atoms with van der Waals surface area (Å²) in [7, 11) is 0. The normalized spacial score (nSPS) is 15.0. The van der Waals surface area contributed by atoms with Gasteiger partial charge in [-0.25, -0.2) is 14.8 Å². The minimum absolute atomic E-state index is 0.0569. The van der Waals surface area contributed by atoms with Gasteiger partial charge in [-0.2, -0.15) is 0 Å². The van der Waals surface area contributed by atoms with Gasteiger partial charge in [0.1, 0.15) is 11.6 Å². The summed E-state index contributed by atoms with van der Waals surface area (Å²) in [6.07, 6.45) is 16.6. The van der Waals surface area contributed by atoms with Gasteiger partial charge in [-0.3, -0.25) is 24.8 Å². The molecule has 0 radical (unpaired) electrons. The standard InChI is InChI=1S/C29H35N7O.C19H21N5O2.C10H16N2/c1-18-6-9-21(28(37)33-24-13-23(29(3,4)5)16-30-19(24)2)12-26(18)36-17-25(34-35-36)22-10-11-27(32-15-22)31-14-20-7-8-20;1-12-2-5-14(19(25)26)8-17(12)24-11-16(22-23-24)15-6-7-18(21-10-15)20-9-13-3-4-13;1-7-9(11)5-8(6-12-7)10(2,3)4/h6,9-13,15-17,20,34-35H,7-8,14H2,1-5H3,(H,31,32)(H,33,37);2,5-8,10-11,13,22-23H,3-4,9H2,1H3,(H,20,21)(H,25,26);5-6H,11H2,1-4H3. The Hall–Kier alpha value is -8.02. The lowest BCUT2D eigenvalue weighted by Crippen LogP contribution is -2.36. The van der Waals surface area contributed by atoms with Crippen LogP contribution in [0.15, 0.2) is 110 Å². The van der Waals surface area contributed by atoms with Crippen LogP contribution in [-0.4, -0.2) is 50.0 Å². The van der Waals surface area contributed by atoms with Crippen LogP contribution in [0.3, 0.4) is 0 Å². The van der Waals surface area contributed by atoms with Crippen LogP contribution in [0, 0.1) is 39.5 Å². The van der Waals surface area contributed by atoms with Crippen LogP contribution >= 0.6 is 0 Å². The second-order valence-electron chi connectivity index (χ2n) is 21.8. The smallest absolute Gasteiger partial charge is 0.335 e. The average Bonchev–Trinajstić information content (AvgIpc) is 4.30. The van der Waals surface area contributed by atoms with Gasteiger partial charge in [-0.1, -0.05) is 53.7 Å². The molecule has 392 valence electrons. The highest BCUT2D eigenvalue weighted by Crippen LogP contribution is 2.32. The van der Waals surface area contributed by atoms with E-state index in [1.165, 1.54) is 31.2 Å². The van der Waals surface area contributed by atoms with Crippen molar-refractivity contribution in [3.05, 3.63) is 166 Å². The topological polar surface area (TPSA) is 223 Å². The van der Waals surface area contributed by atoms with E-state index in [4.69, 9.17) is 5.73 Å². The Bertz CT molecular complexity index is 3080. The number of hydrogen-bond acceptors (Lipinski definition) is 15. The molecule has 0 saturated heterocycles. The molecule has 17 nitrogen and oxygen atoms in total. The molecule has 2 aromatic carbocycles. The lowest BCUT2D eigenvalue weighted by molar-refractivity contribution is 0.0696. The first-order valence-electron chi connectivity index (χ1n) is 25.6. The van der Waals surface area contributed by atoms with Gasteiger partial charge in [0.25, 0.3) is 5.91 Å². The molecule has 4 aromatic heterocycles. The third kappa shape index (κ3) is 14.2. The van der Waals surface area contributed by atoms with Crippen molar-refractivity contribution in [1.29, 1.82) is 0 Å². The molecule has 2 aliphatic carbocycles. The van der Waals surface area contributed by atoms with Crippen LogP contribution in [0.1, 0.15) is 133 Å². The summed E-state index contributed by atoms with van der Waals surface area (Å²) < 4.78 is 0. The molecular formula is C58H72N14O3. The number of nitrogens with zero attached hydrogens (tertiary/aromatic N) is 6. The number of amides is 1. The number of carboxylic acids is 1. The van der Waals surface area contributed by atoms with Crippen molar-refractivity contribution in [2.45, 2.75) is 106 Å². The predicted octanol–water partition coefficient (Wildman–Crippen LogP) is 10.3. The Morgan fingerprint density at radius 2 is 1.08 bits per heavy atom. The maximum Gasteiger partial charge on any atom is 0.335 e. The molecule has 2 saturated carbocycles. The number of carbonyl (C=O) groups excluding carboxylic acids is 1. The summed E-state index contributed by atoms with van der Waals surface area (Å²) in [5.74, 6) is 2.27. The molecule has 2 fully saturated rings. The monoisotopic (exact) mass is 1010 g/mol. The SMILES string of the molecule is Cc1ccc(C(=O)Nc2cc(C(C)(C)C)cnc2C)cc1N1C=C(c2ccc(NCC3CC3)nc2)NN1.Cc1ccc(C(=O)O)cc1N1C=C(c2ccc(NCC3CC3)nc2)NN1.Cc1ncc(C(C)(C)C)cc1N. The largest absolute Gasteiger partial charge is 0.478 e. The van der Waals surface area contributed by atoms with Gasteiger partial charge in [-0.15, -0.1) is 11.1 Å². The Kier molecular flexibility index (Phi) is 16.1. The summed E-state index contributed by atoms with van der Waals surface area (Å²) in [4.78, 5) is 42.1. The van der Waals surface area contributed by atoms with Crippen LogP contribution in [0.25, 0.3) is 11.4 Å². The van der Waals surface area contributed by atoms with Crippen LogP contribution in [0.4, 0.5) is 34.4 Å². The minimum Gasteiger partial charge on any atom is -0.478 e. The number of anilines is 6. The van der Waals surface area contributed by atoms with E-state index in [0.29, 0.717) is 5.56 Å². The van der Waals surface area contributed by atoms with Gasteiger partial charge in [0, 0.05) is 67.0 Å². The van der Waals surface area contributed by atoms with E-state index >= 15 is 0 Å². The fourth-order valence-corrected chi connectivity index (χ4v) is 7.88. The number of carbonyl (C=O) groups is 2. The van der Waals surface area contributed by atoms with Crippen LogP contribution in [0.5, 0.6) is 0 Å². The number of nitrogens with two attached hydrogens (primary N) is 1. The third-order valence-corrected chi connectivity index (χ3v) is 13.5. The molecular weight excluding hydrogens is 941 g/mol. The van der Waals surface area contributed by atoms with Gasteiger partial charge in [-0.05, 0) is 159 Å². The highest BCUT2D eigenvalue weighted by Gasteiger charge is 2.24. The molecule has 75 heavy (non-hydrogen) atoms. The zero-order chi connectivity index (χ0) is 53.6. The second-order valence-corrected chi connectivity index (χ2v) is 21.8. The van der Waals surface area contributed by atoms with E-state index < -0.39 is 5.97 Å². The van der Waals surface area contributed by atoms with E-state index in [-0.39, 0.29) is 22.3 Å². The maximum atomic E-state index is 13.2. The van der Waals surface area contributed by atoms with Gasteiger partial charge < -0.3 is 37.6 Å². The molecule has 2 aliphatic heterocycles. The fraction of sp³-hybridized carbons (Fsp3) is 0.345. The molecule has 0 unspecified atom stereocenters. The highest BCUT2D eigenvalue weighted by atomic mass is 16.4. The van der Waals surface area contributed by atoms with E-state index in [2.05, 4.69) is 99.3 Å². The minimum atomic E-state index is -0.943. The maximum absolute atomic E-state index is 13.2. The Balaban J connectivity index is 0.000000170. The lowest BCUT2D eigenvalue weighted by Gasteiger charge is -2.21. The number of benzene rings is 2. The first-order chi connectivity index (χ1) is 35.7. The number of aromatic nitrogens is 4. The zero-order valence-corrected chi connectivity index (χ0v) is 44.8. The quantitative estimate of drug-likeness (QED) is 0.0525. The molecule has 0 atom stereocenters. The van der Waals surface area contributed by atoms with Gasteiger partial charge in [0.05, 0.1) is 51.1 Å². The zero-order valence-electron chi connectivity index (χ0n) is 44.8. The molecule has 6 heterocycles. The molecule has 10 N–H and O–H groups in total. The second kappa shape index (κ2) is 22.6. The first kappa shape index (κ1) is 53.3. The number of aromatic carboxylic acids is 1. The molecule has 17 heteroatoms. The fourth-order valence-electron chi connectivity index (χ4n) is 7.88. The number of hydrazine groups is 4. The summed E-state index contributed by atoms with van der Waals surface area (Å²) in [5.41, 5.74) is 32.0. The van der Waals surface area contributed by atoms with Crippen molar-refractivity contribution >= 4 is 57.7 Å². The average molecular weight is 1010 g/mol. The van der Waals surface area contributed by atoms with E-state index in [1.54, 1.807) is 23.2 Å². The summed E-state index contributed by atoms with van der Waals surface area (Å²) in [5, 5.41) is 22.7. The van der Waals surface area contributed by atoms with Crippen molar-refractivity contribution in [3.63, 3.8) is 0 Å². The lowest BCUT2D eigenvalue weighted by atomic mass is 9.88. The molecule has 4 aliphatic rings. The van der Waals surface area contributed by atoms with Crippen molar-refractivity contribution in [3.8, 4) is 0 Å². The molecule has 10 rings (SSSR count). The van der Waals surface area contributed by atoms with Gasteiger partial charge in [0.15, 0.2) is 0 Å². The Morgan fingerprint density at radius 1 is 0.613 bits per heavy atom. The molecule has 1 amide bonds. The van der Waals surface area contributed by atoms with E-state index in [1.807, 2.05) is 124 Å². The van der Waals surface area contributed by atoms with Crippen LogP contribution in [-0.2, 0) is 10.8 Å². The molecule has 0 spiro atoms. The number of pyridine rings is 4. The number of nitrogens with one attached hydrogen (secondary N) is 7. The Morgan fingerprint density at radius 3 is 1.52 bits per heavy atom. The number of rotatable bonds is 13. The highest BCUT2D eigenvalue weighted by molar-refractivity contribution is 6.05. The summed E-state index contributed by atoms with van der Waals surface area (Å²) >= 11 is 0. The van der Waals surface area contributed by atoms with Crippen molar-refractivity contribution in [2.75, 3.05) is 44.8 Å². The number of hydrogen-bond donors (Lipinski definition) is 9. The summed E-state index contributed by atoms with van der Waals surface area (Å²) in [6.45, 7) is 22.6. The summed E-state index contributed by atoms with van der Waals surface area (Å²) in [6, 6.07) is 22.8. The number of aryl methyl sites for hydroxylation is 4. The molecule has 6 aromatic rings. The van der Waals surface area contributed by atoms with Crippen molar-refractivity contribution < 1.29 is 14.7 Å². The number of nitrogen functional groups attached to an aromatic ring is 1. The first-order valence-corrected chi connectivity index (χ1v) is 25.6. The van der Waals surface area contributed by atoms with Crippen LogP contribution in [0.2, 0.25) is 0 Å². The van der Waals surface area contributed by atoms with Gasteiger partial charge >= 0.3 is 5.97 Å². The van der Waals surface area contributed by atoms with E-state index in [9.17, 15) is 14.7 Å². The van der Waals surface area contributed by atoms with Crippen molar-refractivity contribution in [2.24, 2.45) is 11.8 Å². The van der Waals surface area contributed by atoms with E-state index in [0.717, 1.165) is 110 Å². The van der Waals surface area contributed by atoms with Crippen molar-refractivity contribution in [1.82, 2.24) is 41.9 Å². The molecule has 0 bridgehead atoms.